The molecule has 5 aromatic rings. The topological polar surface area (TPSA) is 97.2 Å². The van der Waals surface area contributed by atoms with E-state index in [1.807, 2.05) is 48.5 Å². The molecular formula is C27H24BrN3O4S. The fraction of sp³-hybridized carbons (Fsp3) is 0.222. The number of aromatic amines is 1. The number of ether oxygens (including phenoxy) is 1. The Labute approximate surface area is 219 Å². The molecule has 0 saturated heterocycles. The maximum absolute atomic E-state index is 13.7. The van der Waals surface area contributed by atoms with E-state index in [-0.39, 0.29) is 22.8 Å². The molecule has 0 aliphatic rings. The van der Waals surface area contributed by atoms with Crippen LogP contribution < -0.4 is 5.56 Å². The number of esters is 1. The van der Waals surface area contributed by atoms with Gasteiger partial charge in [0.15, 0.2) is 5.75 Å². The van der Waals surface area contributed by atoms with Gasteiger partial charge in [-0.15, -0.1) is 11.3 Å². The number of nitrogens with one attached hydrogen (secondary N) is 1. The van der Waals surface area contributed by atoms with E-state index in [1.165, 1.54) is 18.3 Å². The zero-order valence-corrected chi connectivity index (χ0v) is 22.1. The molecule has 1 atom stereocenters. The molecule has 9 heteroatoms. The van der Waals surface area contributed by atoms with E-state index in [1.54, 1.807) is 17.1 Å². The summed E-state index contributed by atoms with van der Waals surface area (Å²) in [6.45, 7) is 1.70. The lowest BCUT2D eigenvalue weighted by Crippen LogP contribution is -2.25. The van der Waals surface area contributed by atoms with Gasteiger partial charge >= 0.3 is 5.97 Å². The summed E-state index contributed by atoms with van der Waals surface area (Å²) >= 11 is 4.88. The van der Waals surface area contributed by atoms with Crippen molar-refractivity contribution in [2.24, 2.45) is 7.05 Å². The Kier molecular flexibility index (Phi) is 6.68. The Morgan fingerprint density at radius 2 is 2.06 bits per heavy atom. The van der Waals surface area contributed by atoms with Gasteiger partial charge in [0.1, 0.15) is 10.3 Å². The molecule has 0 amide bonds. The first-order valence-corrected chi connectivity index (χ1v) is 13.2. The van der Waals surface area contributed by atoms with Crippen molar-refractivity contribution in [1.82, 2.24) is 14.5 Å². The Hall–Kier alpha value is -3.43. The number of pyridine rings is 1. The summed E-state index contributed by atoms with van der Waals surface area (Å²) in [6.07, 6.45) is 1.24. The molecule has 0 saturated carbocycles. The van der Waals surface area contributed by atoms with Crippen molar-refractivity contribution >= 4 is 54.5 Å². The first-order valence-electron chi connectivity index (χ1n) is 11.5. The fourth-order valence-corrected chi connectivity index (χ4v) is 5.94. The molecule has 3 heterocycles. The van der Waals surface area contributed by atoms with Gasteiger partial charge in [0.05, 0.1) is 23.6 Å². The number of thiazole rings is 1. The van der Waals surface area contributed by atoms with Gasteiger partial charge in [-0.2, -0.15) is 0 Å². The van der Waals surface area contributed by atoms with E-state index < -0.39 is 5.92 Å². The second-order valence-corrected chi connectivity index (χ2v) is 10.4. The molecule has 0 aliphatic carbocycles. The molecule has 36 heavy (non-hydrogen) atoms. The van der Waals surface area contributed by atoms with Crippen molar-refractivity contribution < 1.29 is 14.6 Å². The molecule has 2 N–H and O–H groups in total. The van der Waals surface area contributed by atoms with Gasteiger partial charge in [-0.1, -0.05) is 46.3 Å². The van der Waals surface area contributed by atoms with Crippen LogP contribution in [-0.2, 0) is 23.0 Å². The highest BCUT2D eigenvalue weighted by atomic mass is 79.9. The number of nitrogens with zero attached hydrogens (tertiary/aromatic N) is 2. The summed E-state index contributed by atoms with van der Waals surface area (Å²) in [6, 6.07) is 15.7. The standard InChI is InChI=1S/C27H24BrN3O4S/c1-15(32)35-12-6-10-19-18-9-3-4-11-20(18)30-23(19)21(16-7-5-8-17(28)13-16)22-25(33)24-27(36-14-29-24)31(2)26(22)34/h3-5,7-9,11,13-14,21,30,33H,6,10,12H2,1-2H3. The number of aryl methyl sites for hydroxylation is 2. The maximum atomic E-state index is 13.7. The lowest BCUT2D eigenvalue weighted by molar-refractivity contribution is -0.141. The quantitative estimate of drug-likeness (QED) is 0.197. The highest BCUT2D eigenvalue weighted by Gasteiger charge is 2.31. The van der Waals surface area contributed by atoms with Crippen LogP contribution in [0.5, 0.6) is 5.75 Å². The van der Waals surface area contributed by atoms with Gasteiger partial charge in [-0.05, 0) is 42.2 Å². The van der Waals surface area contributed by atoms with Gasteiger partial charge < -0.3 is 19.4 Å². The second-order valence-electron chi connectivity index (χ2n) is 8.63. The molecule has 0 radical (unpaired) electrons. The van der Waals surface area contributed by atoms with Crippen LogP contribution in [0, 0.1) is 0 Å². The van der Waals surface area contributed by atoms with Crippen LogP contribution in [0.3, 0.4) is 0 Å². The Bertz CT molecular complexity index is 1650. The van der Waals surface area contributed by atoms with Crippen molar-refractivity contribution in [2.75, 3.05) is 6.61 Å². The van der Waals surface area contributed by atoms with Gasteiger partial charge in [0.2, 0.25) is 0 Å². The highest BCUT2D eigenvalue weighted by molar-refractivity contribution is 9.10. The molecule has 0 bridgehead atoms. The van der Waals surface area contributed by atoms with Crippen molar-refractivity contribution in [2.45, 2.75) is 25.7 Å². The van der Waals surface area contributed by atoms with Gasteiger partial charge in [-0.25, -0.2) is 4.98 Å². The minimum atomic E-state index is -0.580. The normalized spacial score (nSPS) is 12.3. The number of hydrogen-bond donors (Lipinski definition) is 2. The van der Waals surface area contributed by atoms with Crippen LogP contribution in [0.15, 0.2) is 63.3 Å². The Balaban J connectivity index is 1.77. The zero-order chi connectivity index (χ0) is 25.4. The van der Waals surface area contributed by atoms with Crippen molar-refractivity contribution in [3.8, 4) is 5.75 Å². The molecule has 184 valence electrons. The third-order valence-corrected chi connectivity index (χ3v) is 7.74. The van der Waals surface area contributed by atoms with E-state index in [2.05, 4.69) is 25.9 Å². The monoisotopic (exact) mass is 565 g/mol. The summed E-state index contributed by atoms with van der Waals surface area (Å²) in [7, 11) is 1.70. The third kappa shape index (κ3) is 4.33. The van der Waals surface area contributed by atoms with Crippen molar-refractivity contribution in [1.29, 1.82) is 0 Å². The first-order chi connectivity index (χ1) is 17.4. The molecular weight excluding hydrogens is 542 g/mol. The first kappa shape index (κ1) is 24.3. The van der Waals surface area contributed by atoms with E-state index in [9.17, 15) is 14.7 Å². The van der Waals surface area contributed by atoms with Crippen LogP contribution in [0.2, 0.25) is 0 Å². The number of aromatic hydroxyl groups is 1. The molecule has 2 aromatic carbocycles. The molecule has 5 rings (SSSR count). The van der Waals surface area contributed by atoms with Crippen LogP contribution in [0.1, 0.15) is 41.6 Å². The summed E-state index contributed by atoms with van der Waals surface area (Å²) in [5.74, 6) is -1.00. The zero-order valence-electron chi connectivity index (χ0n) is 19.7. The third-order valence-electron chi connectivity index (χ3n) is 6.35. The van der Waals surface area contributed by atoms with Crippen LogP contribution in [0.25, 0.3) is 21.3 Å². The number of fused-ring (bicyclic) bond motifs is 2. The van der Waals surface area contributed by atoms with E-state index in [0.29, 0.717) is 29.8 Å². The SMILES string of the molecule is CC(=O)OCCCc1c(C(c2cccc(Br)c2)c2c(O)c3ncsc3n(C)c2=O)[nH]c2ccccc12. The van der Waals surface area contributed by atoms with Gasteiger partial charge in [0, 0.05) is 35.0 Å². The van der Waals surface area contributed by atoms with E-state index in [0.717, 1.165) is 32.2 Å². The number of H-pyrrole nitrogens is 1. The number of rotatable bonds is 7. The number of carbonyl (C=O) groups excluding carboxylic acids is 1. The van der Waals surface area contributed by atoms with E-state index >= 15 is 0 Å². The highest BCUT2D eigenvalue weighted by Crippen LogP contribution is 2.41. The van der Waals surface area contributed by atoms with Crippen LogP contribution in [-0.4, -0.2) is 32.2 Å². The lowest BCUT2D eigenvalue weighted by atomic mass is 9.85. The Morgan fingerprint density at radius 3 is 2.83 bits per heavy atom. The summed E-state index contributed by atoms with van der Waals surface area (Å²) in [5.41, 5.74) is 5.64. The molecule has 0 fully saturated rings. The molecule has 0 aliphatic heterocycles. The Morgan fingerprint density at radius 1 is 1.25 bits per heavy atom. The molecule has 0 spiro atoms. The minimum absolute atomic E-state index is 0.108. The summed E-state index contributed by atoms with van der Waals surface area (Å²) in [5, 5.41) is 12.4. The average Bonchev–Trinajstić information content (AvgIpc) is 3.48. The molecule has 7 nitrogen and oxygen atoms in total. The van der Waals surface area contributed by atoms with E-state index in [4.69, 9.17) is 4.74 Å². The molecule has 1 unspecified atom stereocenters. The fourth-order valence-electron chi connectivity index (χ4n) is 4.77. The largest absolute Gasteiger partial charge is 0.505 e. The van der Waals surface area contributed by atoms with Gasteiger partial charge in [0.25, 0.3) is 5.56 Å². The number of aromatic nitrogens is 3. The number of carbonyl (C=O) groups is 1. The summed E-state index contributed by atoms with van der Waals surface area (Å²) < 4.78 is 7.59. The van der Waals surface area contributed by atoms with Gasteiger partial charge in [-0.3, -0.25) is 9.59 Å². The number of para-hydroxylation sites is 1. The van der Waals surface area contributed by atoms with Crippen molar-refractivity contribution in [3.63, 3.8) is 0 Å². The predicted molar refractivity (Wildman–Crippen MR) is 145 cm³/mol. The van der Waals surface area contributed by atoms with Crippen molar-refractivity contribution in [3.05, 3.63) is 91.3 Å². The number of benzene rings is 2. The number of hydrogen-bond acceptors (Lipinski definition) is 6. The lowest BCUT2D eigenvalue weighted by Gasteiger charge is -2.21. The predicted octanol–water partition coefficient (Wildman–Crippen LogP) is 5.62. The minimum Gasteiger partial charge on any atom is -0.505 e. The smallest absolute Gasteiger partial charge is 0.302 e. The maximum Gasteiger partial charge on any atom is 0.302 e. The van der Waals surface area contributed by atoms with Crippen LogP contribution >= 0.6 is 27.3 Å². The van der Waals surface area contributed by atoms with Crippen LogP contribution in [0.4, 0.5) is 0 Å². The average molecular weight is 566 g/mol. The molecule has 3 aromatic heterocycles. The number of halogens is 1. The summed E-state index contributed by atoms with van der Waals surface area (Å²) in [4.78, 5) is 33.5. The second kappa shape index (κ2) is 9.91.